The molecule has 0 radical (unpaired) electrons. The van der Waals surface area contributed by atoms with Gasteiger partial charge in [-0.1, -0.05) is 0 Å². The number of piperidine rings is 1. The zero-order valence-corrected chi connectivity index (χ0v) is 19.8. The first kappa shape index (κ1) is 23.3. The summed E-state index contributed by atoms with van der Waals surface area (Å²) in [6.07, 6.45) is 6.91. The molecule has 2 aliphatic heterocycles. The summed E-state index contributed by atoms with van der Waals surface area (Å²) in [5, 5.41) is 0. The van der Waals surface area contributed by atoms with Gasteiger partial charge in [-0.2, -0.15) is 9.97 Å². The Hall–Kier alpha value is -3.41. The van der Waals surface area contributed by atoms with E-state index >= 15 is 0 Å². The van der Waals surface area contributed by atoms with Crippen LogP contribution in [0.3, 0.4) is 0 Å². The first-order valence-corrected chi connectivity index (χ1v) is 12.3. The number of hydrogen-bond acceptors (Lipinski definition) is 11. The fourth-order valence-corrected chi connectivity index (χ4v) is 4.72. The fraction of sp³-hybridized carbons (Fsp3) is 0.609. The Morgan fingerprint density at radius 3 is 2.54 bits per heavy atom. The minimum absolute atomic E-state index is 0.0388. The predicted octanol–water partition coefficient (Wildman–Crippen LogP) is 1.86. The molecular weight excluding hydrogens is 452 g/mol. The molecule has 4 heterocycles. The van der Waals surface area contributed by atoms with Crippen LogP contribution in [0, 0.1) is 0 Å². The monoisotopic (exact) mass is 484 g/mol. The molecule has 2 saturated heterocycles. The lowest BCUT2D eigenvalue weighted by atomic mass is 10.1. The highest BCUT2D eigenvalue weighted by Gasteiger charge is 2.29. The molecule has 0 aromatic carbocycles. The van der Waals surface area contributed by atoms with Crippen LogP contribution < -0.4 is 21.1 Å². The number of anilines is 3. The van der Waals surface area contributed by atoms with E-state index in [4.69, 9.17) is 30.7 Å². The van der Waals surface area contributed by atoms with Gasteiger partial charge < -0.3 is 35.5 Å². The van der Waals surface area contributed by atoms with Gasteiger partial charge in [0.25, 0.3) is 0 Å². The van der Waals surface area contributed by atoms with E-state index in [-0.39, 0.29) is 30.1 Å². The van der Waals surface area contributed by atoms with Crippen LogP contribution in [0.5, 0.6) is 5.88 Å². The number of morpholine rings is 1. The van der Waals surface area contributed by atoms with Crippen molar-refractivity contribution >= 4 is 23.8 Å². The molecule has 35 heavy (non-hydrogen) atoms. The van der Waals surface area contributed by atoms with Gasteiger partial charge in [-0.15, -0.1) is 0 Å². The van der Waals surface area contributed by atoms with E-state index in [0.29, 0.717) is 62.5 Å². The highest BCUT2D eigenvalue weighted by atomic mass is 16.6. The summed E-state index contributed by atoms with van der Waals surface area (Å²) in [5.41, 5.74) is 12.9. The largest absolute Gasteiger partial charge is 0.472 e. The van der Waals surface area contributed by atoms with Crippen molar-refractivity contribution in [1.82, 2.24) is 24.8 Å². The number of likely N-dealkylation sites (tertiary alicyclic amines) is 1. The van der Waals surface area contributed by atoms with Crippen LogP contribution in [0.4, 0.5) is 22.5 Å². The maximum Gasteiger partial charge on any atom is 0.410 e. The summed E-state index contributed by atoms with van der Waals surface area (Å²) in [6, 6.07) is 1.73. The Kier molecular flexibility index (Phi) is 6.98. The van der Waals surface area contributed by atoms with Gasteiger partial charge in [0.15, 0.2) is 0 Å². The van der Waals surface area contributed by atoms with Crippen LogP contribution in [0.1, 0.15) is 38.5 Å². The Morgan fingerprint density at radius 1 is 1.00 bits per heavy atom. The number of amides is 1. The minimum Gasteiger partial charge on any atom is -0.472 e. The smallest absolute Gasteiger partial charge is 0.410 e. The summed E-state index contributed by atoms with van der Waals surface area (Å²) in [5.74, 6) is 1.25. The second-order valence-electron chi connectivity index (χ2n) is 9.14. The Balaban J connectivity index is 1.35. The summed E-state index contributed by atoms with van der Waals surface area (Å²) in [4.78, 5) is 34.0. The average Bonchev–Trinajstić information content (AvgIpc) is 3.37. The minimum atomic E-state index is -0.255. The van der Waals surface area contributed by atoms with Gasteiger partial charge >= 0.3 is 6.09 Å². The van der Waals surface area contributed by atoms with Gasteiger partial charge in [-0.05, 0) is 38.5 Å². The van der Waals surface area contributed by atoms with Gasteiger partial charge in [0.1, 0.15) is 18.0 Å². The van der Waals surface area contributed by atoms with Gasteiger partial charge in [0, 0.05) is 31.9 Å². The first-order valence-electron chi connectivity index (χ1n) is 12.3. The second kappa shape index (κ2) is 10.5. The highest BCUT2D eigenvalue weighted by molar-refractivity contribution is 5.72. The Bertz CT molecular complexity index is 1040. The number of hydrogen-bond donors (Lipinski definition) is 2. The number of nitrogen functional groups attached to an aromatic ring is 2. The molecule has 1 atom stereocenters. The summed E-state index contributed by atoms with van der Waals surface area (Å²) >= 11 is 0. The van der Waals surface area contributed by atoms with Gasteiger partial charge in [0.2, 0.25) is 17.8 Å². The Labute approximate surface area is 204 Å². The van der Waals surface area contributed by atoms with Crippen LogP contribution in [-0.4, -0.2) is 82.5 Å². The summed E-state index contributed by atoms with van der Waals surface area (Å²) in [7, 11) is 0. The van der Waals surface area contributed by atoms with E-state index in [1.54, 1.807) is 17.2 Å². The molecular formula is C23H32N8O4. The quantitative estimate of drug-likeness (QED) is 0.639. The van der Waals surface area contributed by atoms with Gasteiger partial charge in [0.05, 0.1) is 31.0 Å². The number of carbonyl (C=O) groups is 1. The van der Waals surface area contributed by atoms with Crippen molar-refractivity contribution < 1.29 is 19.0 Å². The molecule has 5 rings (SSSR count). The third-order valence-electron chi connectivity index (χ3n) is 6.59. The fourth-order valence-electron chi connectivity index (χ4n) is 4.72. The highest BCUT2D eigenvalue weighted by Crippen LogP contribution is 2.29. The lowest BCUT2D eigenvalue weighted by molar-refractivity contribution is 0.0359. The van der Waals surface area contributed by atoms with Crippen LogP contribution in [0.25, 0.3) is 11.3 Å². The van der Waals surface area contributed by atoms with Crippen molar-refractivity contribution in [3.8, 4) is 17.1 Å². The maximum absolute atomic E-state index is 12.7. The second-order valence-corrected chi connectivity index (χ2v) is 9.14. The molecule has 188 valence electrons. The normalized spacial score (nSPS) is 21.2. The first-order chi connectivity index (χ1) is 17.0. The molecule has 12 heteroatoms. The SMILES string of the molecule is Nc1ncc(-c2cc(O[C@@H]3CCCN(C(=O)OC4CCCC4)C3)nc(N3CCOCC3)n2)c(N)n1. The van der Waals surface area contributed by atoms with E-state index in [0.717, 1.165) is 38.5 Å². The molecule has 1 aliphatic carbocycles. The van der Waals surface area contributed by atoms with E-state index in [9.17, 15) is 4.79 Å². The zero-order valence-electron chi connectivity index (χ0n) is 19.8. The number of nitrogens with zero attached hydrogens (tertiary/aromatic N) is 6. The van der Waals surface area contributed by atoms with E-state index < -0.39 is 0 Å². The number of aromatic nitrogens is 4. The zero-order chi connectivity index (χ0) is 24.2. The Morgan fingerprint density at radius 2 is 1.77 bits per heavy atom. The molecule has 0 spiro atoms. The van der Waals surface area contributed by atoms with E-state index in [1.807, 2.05) is 4.90 Å². The number of rotatable bonds is 5. The predicted molar refractivity (Wildman–Crippen MR) is 129 cm³/mol. The average molecular weight is 485 g/mol. The molecule has 0 bridgehead atoms. The van der Waals surface area contributed by atoms with E-state index in [2.05, 4.69) is 15.0 Å². The van der Waals surface area contributed by atoms with Crippen molar-refractivity contribution in [1.29, 1.82) is 0 Å². The molecule has 2 aromatic rings. The van der Waals surface area contributed by atoms with Crippen molar-refractivity contribution in [3.05, 3.63) is 12.3 Å². The molecule has 4 N–H and O–H groups in total. The third-order valence-corrected chi connectivity index (χ3v) is 6.59. The van der Waals surface area contributed by atoms with Crippen LogP contribution in [0.2, 0.25) is 0 Å². The molecule has 0 unspecified atom stereocenters. The van der Waals surface area contributed by atoms with Crippen LogP contribution in [0.15, 0.2) is 12.3 Å². The number of ether oxygens (including phenoxy) is 3. The summed E-state index contributed by atoms with van der Waals surface area (Å²) in [6.45, 7) is 3.64. The van der Waals surface area contributed by atoms with Crippen molar-refractivity contribution in [2.24, 2.45) is 0 Å². The van der Waals surface area contributed by atoms with Gasteiger partial charge in [-0.3, -0.25) is 0 Å². The van der Waals surface area contributed by atoms with Crippen LogP contribution in [-0.2, 0) is 9.47 Å². The van der Waals surface area contributed by atoms with Crippen molar-refractivity contribution in [2.45, 2.75) is 50.7 Å². The number of nitrogens with two attached hydrogens (primary N) is 2. The van der Waals surface area contributed by atoms with Gasteiger partial charge in [-0.25, -0.2) is 14.8 Å². The molecule has 1 amide bonds. The molecule has 12 nitrogen and oxygen atoms in total. The lowest BCUT2D eigenvalue weighted by Crippen LogP contribution is -2.45. The van der Waals surface area contributed by atoms with E-state index in [1.165, 1.54) is 0 Å². The number of carbonyl (C=O) groups excluding carboxylic acids is 1. The van der Waals surface area contributed by atoms with Crippen molar-refractivity contribution in [2.75, 3.05) is 55.8 Å². The summed E-state index contributed by atoms with van der Waals surface area (Å²) < 4.78 is 17.5. The lowest BCUT2D eigenvalue weighted by Gasteiger charge is -2.33. The topological polar surface area (TPSA) is 155 Å². The standard InChI is InChI=1S/C23H32N8O4/c24-20-17(13-26-21(25)29-20)18-12-19(28-22(27-18)30-8-10-33-11-9-30)34-16-6-3-7-31(14-16)23(32)35-15-4-1-2-5-15/h12-13,15-16H,1-11,14H2,(H4,24,25,26,29)/t16-/m1/s1. The third kappa shape index (κ3) is 5.64. The molecule has 1 saturated carbocycles. The molecule has 3 fully saturated rings. The van der Waals surface area contributed by atoms with Crippen LogP contribution >= 0.6 is 0 Å². The molecule has 2 aromatic heterocycles. The molecule has 3 aliphatic rings. The maximum atomic E-state index is 12.7. The van der Waals surface area contributed by atoms with Crippen molar-refractivity contribution in [3.63, 3.8) is 0 Å².